The van der Waals surface area contributed by atoms with Crippen LogP contribution in [0.25, 0.3) is 0 Å². The number of rotatable bonds is 20. The van der Waals surface area contributed by atoms with Crippen molar-refractivity contribution in [3.8, 4) is 0 Å². The second-order valence-electron chi connectivity index (χ2n) is 21.4. The topological polar surface area (TPSA) is 452 Å². The fourth-order valence-corrected chi connectivity index (χ4v) is 9.12. The maximum absolute atomic E-state index is 12.3. The summed E-state index contributed by atoms with van der Waals surface area (Å²) in [6.45, 7) is 22.2. The minimum Gasteiger partial charge on any atom is -0.444 e. The number of benzene rings is 2. The van der Waals surface area contributed by atoms with E-state index in [2.05, 4.69) is 18.7 Å². The molecule has 14 N–H and O–H groups in total. The lowest BCUT2D eigenvalue weighted by molar-refractivity contribution is -0.384. The molecular formula is C57H96N16O17. The summed E-state index contributed by atoms with van der Waals surface area (Å²) in [4.78, 5) is 113. The van der Waals surface area contributed by atoms with Crippen LogP contribution in [0.15, 0.2) is 48.5 Å². The van der Waals surface area contributed by atoms with Crippen molar-refractivity contribution in [2.75, 3.05) is 148 Å². The Morgan fingerprint density at radius 2 is 0.889 bits per heavy atom. The molecule has 33 nitrogen and oxygen atoms in total. The summed E-state index contributed by atoms with van der Waals surface area (Å²) in [5, 5.41) is 10.5. The van der Waals surface area contributed by atoms with Gasteiger partial charge in [-0.3, -0.25) is 24.7 Å². The van der Waals surface area contributed by atoms with Crippen LogP contribution in [-0.4, -0.2) is 270 Å². The molecule has 2 aromatic carbocycles. The molecule has 90 heavy (non-hydrogen) atoms. The Morgan fingerprint density at radius 3 is 1.24 bits per heavy atom. The molecule has 0 saturated carbocycles. The molecular weight excluding hydrogens is 1180 g/mol. The zero-order chi connectivity index (χ0) is 67.2. The summed E-state index contributed by atoms with van der Waals surface area (Å²) in [5.74, 6) is -0.0966. The first-order chi connectivity index (χ1) is 42.9. The van der Waals surface area contributed by atoms with E-state index in [1.165, 1.54) is 39.0 Å². The molecule has 0 spiro atoms. The van der Waals surface area contributed by atoms with E-state index in [4.69, 9.17) is 73.3 Å². The van der Waals surface area contributed by atoms with Crippen LogP contribution in [0, 0.1) is 10.1 Å². The molecule has 506 valence electrons. The van der Waals surface area contributed by atoms with Crippen molar-refractivity contribution >= 4 is 65.5 Å². The number of nitro groups is 1. The highest BCUT2D eigenvalue weighted by molar-refractivity contribution is 5.99. The van der Waals surface area contributed by atoms with Crippen molar-refractivity contribution in [2.45, 2.75) is 103 Å². The number of hydrogen-bond donors (Lipinski definition) is 7. The van der Waals surface area contributed by atoms with Gasteiger partial charge in [0.05, 0.1) is 57.3 Å². The van der Waals surface area contributed by atoms with Crippen molar-refractivity contribution in [2.24, 2.45) is 40.1 Å². The lowest BCUT2D eigenvalue weighted by atomic mass is 10.1. The molecule has 7 aliphatic heterocycles. The molecule has 0 radical (unpaired) electrons. The van der Waals surface area contributed by atoms with Crippen LogP contribution in [0.2, 0.25) is 0 Å². The molecule has 7 heterocycles. The fourth-order valence-electron chi connectivity index (χ4n) is 9.12. The van der Waals surface area contributed by atoms with E-state index in [0.29, 0.717) is 96.3 Å². The Kier molecular flexibility index (Phi) is 33.1. The molecule has 0 aliphatic carbocycles. The summed E-state index contributed by atoms with van der Waals surface area (Å²) in [6, 6.07) is 13.4. The molecule has 7 amide bonds. The van der Waals surface area contributed by atoms with Gasteiger partial charge < -0.3 is 103 Å². The van der Waals surface area contributed by atoms with E-state index in [1.54, 1.807) is 45.8 Å². The monoisotopic (exact) mass is 1280 g/mol. The standard InChI is InChI=1S/C16H23N3O3.C10H11N3O4.2C7H14N2O2.2C6H12N2O2.C5H10N2O2/c1-3-18(4-2)13-7-5-12(6-8-13)15(20)11-19-10-14(9-17)22-16(19)21;11-5-9-6-12(10(14)17-9)7-1-3-8(4-2-7)13(15)16;1-5(2)9-4-6(3-8)11-7(9)10;1-2-9-5-6(3-4-8)11-7(9)10;1-8-4-5(2-3-7)10-6(8)9;1-2-8-4-5(3-7)10-6(8)9;1-7-3-4(2-6)9-5(7)8/h5-8,14H,3-4,9-11,17H2,1-2H3;1-4,9H,5-6,11H2;5-6H,3-4,8H2,1-2H3;6H,2-5,8H2,1H3;2*5H,2-4,7H2,1H3;4H,2-3,6H2,1H3. The van der Waals surface area contributed by atoms with Crippen molar-refractivity contribution < 1.29 is 76.4 Å². The number of amides is 7. The van der Waals surface area contributed by atoms with Gasteiger partial charge in [-0.05, 0) is 104 Å². The zero-order valence-electron chi connectivity index (χ0n) is 53.1. The summed E-state index contributed by atoms with van der Waals surface area (Å²) in [7, 11) is 3.41. The van der Waals surface area contributed by atoms with Crippen LogP contribution in [0.5, 0.6) is 0 Å². The number of non-ortho nitro benzene ring substituents is 1. The maximum Gasteiger partial charge on any atom is 0.414 e. The average Bonchev–Trinajstić information content (AvgIpc) is 2.14. The molecule has 7 aliphatic rings. The largest absolute Gasteiger partial charge is 0.444 e. The number of likely N-dealkylation sites (N-methyl/N-ethyl adjacent to an activating group) is 4. The van der Waals surface area contributed by atoms with E-state index in [1.807, 2.05) is 39.8 Å². The average molecular weight is 1280 g/mol. The SMILES string of the molecule is CC(C)N1CC(CN)OC1=O.CCN(CC)c1ccc(C(=O)CN2CC(CN)OC2=O)cc1.CCN1CC(CCN)OC1=O.CCN1CC(CN)OC1=O.CN1CC(CCN)OC1=O.CN1CC(CN)OC1=O.NCC1CN(c2ccc([N+](=O)[O-])cc2)C(=O)O1. The van der Waals surface area contributed by atoms with Gasteiger partial charge >= 0.3 is 42.7 Å². The van der Waals surface area contributed by atoms with E-state index in [0.717, 1.165) is 38.2 Å². The van der Waals surface area contributed by atoms with E-state index in [9.17, 15) is 48.5 Å². The van der Waals surface area contributed by atoms with Crippen LogP contribution in [0.3, 0.4) is 0 Å². The number of Topliss-reactive ketones (excluding diaryl/α,β-unsaturated/α-hetero) is 1. The van der Waals surface area contributed by atoms with E-state index in [-0.39, 0.29) is 110 Å². The highest BCUT2D eigenvalue weighted by Crippen LogP contribution is 2.24. The van der Waals surface area contributed by atoms with E-state index >= 15 is 0 Å². The Morgan fingerprint density at radius 1 is 0.511 bits per heavy atom. The molecule has 7 atom stereocenters. The summed E-state index contributed by atoms with van der Waals surface area (Å²) >= 11 is 0. The third kappa shape index (κ3) is 24.0. The first-order valence-corrected chi connectivity index (χ1v) is 30.1. The number of nitrogens with zero attached hydrogens (tertiary/aromatic N) is 9. The molecule has 2 aromatic rings. The van der Waals surface area contributed by atoms with Crippen LogP contribution in [0.4, 0.5) is 50.6 Å². The van der Waals surface area contributed by atoms with Gasteiger partial charge in [0, 0.05) is 108 Å². The Hall–Kier alpha value is -8.08. The molecule has 7 fully saturated rings. The molecule has 33 heteroatoms. The number of carbonyl (C=O) groups excluding carboxylic acids is 8. The van der Waals surface area contributed by atoms with Crippen molar-refractivity contribution in [3.05, 3.63) is 64.2 Å². The second-order valence-corrected chi connectivity index (χ2v) is 21.4. The third-order valence-corrected chi connectivity index (χ3v) is 14.4. The number of carbonyl (C=O) groups is 8. The Bertz CT molecular complexity index is 2590. The van der Waals surface area contributed by atoms with Gasteiger partial charge in [-0.2, -0.15) is 0 Å². The number of cyclic esters (lactones) is 7. The van der Waals surface area contributed by atoms with E-state index < -0.39 is 17.1 Å². The quantitative estimate of drug-likeness (QED) is 0.0429. The van der Waals surface area contributed by atoms with Crippen LogP contribution in [-0.2, 0) is 33.2 Å². The molecule has 7 unspecified atom stereocenters. The van der Waals surface area contributed by atoms with Gasteiger partial charge in [0.15, 0.2) is 5.78 Å². The van der Waals surface area contributed by atoms with Gasteiger partial charge in [-0.25, -0.2) is 33.6 Å². The Balaban J connectivity index is 0.000000282. The lowest BCUT2D eigenvalue weighted by Gasteiger charge is -2.21. The predicted molar refractivity (Wildman–Crippen MR) is 332 cm³/mol. The van der Waals surface area contributed by atoms with Gasteiger partial charge in [-0.1, -0.05) is 0 Å². The number of anilines is 2. The molecule has 0 aromatic heterocycles. The maximum atomic E-state index is 12.3. The highest BCUT2D eigenvalue weighted by atomic mass is 16.6. The van der Waals surface area contributed by atoms with Gasteiger partial charge in [0.2, 0.25) is 0 Å². The van der Waals surface area contributed by atoms with Crippen LogP contribution in [0.1, 0.15) is 64.7 Å². The van der Waals surface area contributed by atoms with Gasteiger partial charge in [0.25, 0.3) is 5.69 Å². The third-order valence-electron chi connectivity index (χ3n) is 14.4. The number of ether oxygens (including phenoxy) is 7. The van der Waals surface area contributed by atoms with Crippen LogP contribution < -0.4 is 49.9 Å². The molecule has 0 bridgehead atoms. The first-order valence-electron chi connectivity index (χ1n) is 30.1. The minimum atomic E-state index is -0.491. The second kappa shape index (κ2) is 39.1. The van der Waals surface area contributed by atoms with Crippen molar-refractivity contribution in [1.29, 1.82) is 0 Å². The smallest absolute Gasteiger partial charge is 0.414 e. The van der Waals surface area contributed by atoms with Crippen molar-refractivity contribution in [1.82, 2.24) is 29.4 Å². The van der Waals surface area contributed by atoms with Gasteiger partial charge in [-0.15, -0.1) is 0 Å². The fraction of sp³-hybridized carbons (Fsp3) is 0.649. The highest BCUT2D eigenvalue weighted by Gasteiger charge is 2.35. The Labute approximate surface area is 525 Å². The first kappa shape index (κ1) is 76.2. The minimum absolute atomic E-state index is 0.0162. The number of hydrogen-bond acceptors (Lipinski definition) is 25. The van der Waals surface area contributed by atoms with Crippen molar-refractivity contribution in [3.63, 3.8) is 0 Å². The predicted octanol–water partition coefficient (Wildman–Crippen LogP) is 1.69. The lowest BCUT2D eigenvalue weighted by Crippen LogP contribution is -2.33. The summed E-state index contributed by atoms with van der Waals surface area (Å²) in [5.41, 5.74) is 39.7. The summed E-state index contributed by atoms with van der Waals surface area (Å²) < 4.78 is 34.6. The molecule has 7 saturated heterocycles. The summed E-state index contributed by atoms with van der Waals surface area (Å²) in [6.07, 6.45) is -1.50. The number of ketones is 1. The molecule has 9 rings (SSSR count). The van der Waals surface area contributed by atoms with Gasteiger partial charge in [0.1, 0.15) is 42.7 Å². The van der Waals surface area contributed by atoms with Crippen LogP contribution >= 0.6 is 0 Å². The number of nitro benzene ring substituents is 1. The number of nitrogens with two attached hydrogens (primary N) is 7. The zero-order valence-corrected chi connectivity index (χ0v) is 53.1. The normalized spacial score (nSPS) is 22.1.